The Morgan fingerprint density at radius 1 is 0.657 bits per heavy atom. The van der Waals surface area contributed by atoms with Crippen molar-refractivity contribution in [2.24, 2.45) is 0 Å². The van der Waals surface area contributed by atoms with Gasteiger partial charge in [-0.2, -0.15) is 0 Å². The first-order chi connectivity index (χ1) is 32.2. The van der Waals surface area contributed by atoms with Crippen LogP contribution in [0.3, 0.4) is 0 Å². The molecule has 0 spiro atoms. The number of pyridine rings is 2. The van der Waals surface area contributed by atoms with Gasteiger partial charge < -0.3 is 30.3 Å². The highest BCUT2D eigenvalue weighted by Gasteiger charge is 2.45. The van der Waals surface area contributed by atoms with E-state index in [2.05, 4.69) is 25.9 Å². The molecule has 2 aromatic heterocycles. The van der Waals surface area contributed by atoms with E-state index >= 15 is 0 Å². The molecule has 18 nitrogen and oxygen atoms in total. The molecule has 0 bridgehead atoms. The highest BCUT2D eigenvalue weighted by atomic mass is 16.5. The molecule has 7 N–H and O–H groups in total. The van der Waals surface area contributed by atoms with Gasteiger partial charge in [0.2, 0.25) is 23.6 Å². The van der Waals surface area contributed by atoms with Crippen molar-refractivity contribution in [3.8, 4) is 11.5 Å². The van der Waals surface area contributed by atoms with Crippen molar-refractivity contribution in [1.29, 1.82) is 0 Å². The van der Waals surface area contributed by atoms with Crippen molar-refractivity contribution in [2.45, 2.75) is 63.8 Å². The van der Waals surface area contributed by atoms with Gasteiger partial charge in [-0.05, 0) is 86.6 Å². The summed E-state index contributed by atoms with van der Waals surface area (Å²) in [5.74, 6) is -1.48. The van der Waals surface area contributed by atoms with Crippen LogP contribution in [0.25, 0.3) is 21.8 Å². The smallest absolute Gasteiger partial charge is 0.251 e. The van der Waals surface area contributed by atoms with Crippen LogP contribution in [0.15, 0.2) is 109 Å². The van der Waals surface area contributed by atoms with E-state index in [-0.39, 0.29) is 50.6 Å². The van der Waals surface area contributed by atoms with Gasteiger partial charge in [0, 0.05) is 64.6 Å². The number of hydrogen-bond acceptors (Lipinski definition) is 12. The van der Waals surface area contributed by atoms with E-state index in [0.717, 1.165) is 44.3 Å². The minimum atomic E-state index is -1.10. The second-order valence-electron chi connectivity index (χ2n) is 16.8. The Hall–Kier alpha value is -7.96. The first-order valence-electron chi connectivity index (χ1n) is 21.3. The number of rotatable bonds is 14. The fourth-order valence-electron chi connectivity index (χ4n) is 8.30. The highest BCUT2D eigenvalue weighted by Crippen LogP contribution is 2.28. The third-order valence-electron chi connectivity index (χ3n) is 11.5. The van der Waals surface area contributed by atoms with Crippen LogP contribution in [0.2, 0.25) is 0 Å². The number of nitrogens with zero attached hydrogens (tertiary/aromatic N) is 3. The second kappa shape index (κ2) is 20.5. The van der Waals surface area contributed by atoms with Gasteiger partial charge in [-0.25, -0.2) is 11.0 Å². The summed E-state index contributed by atoms with van der Waals surface area (Å²) in [6, 6.07) is 33.0. The Morgan fingerprint density at radius 2 is 1.10 bits per heavy atom. The number of hydrogen-bond donors (Lipinski definition) is 7. The van der Waals surface area contributed by atoms with Gasteiger partial charge in [0.05, 0.1) is 47.8 Å². The molecule has 2 aliphatic heterocycles. The number of carbonyl (C=O) groups excluding carboxylic acids is 6. The molecule has 6 amide bonds. The summed E-state index contributed by atoms with van der Waals surface area (Å²) < 4.78 is 11.9. The van der Waals surface area contributed by atoms with Crippen LogP contribution in [0.5, 0.6) is 11.5 Å². The predicted molar refractivity (Wildman–Crippen MR) is 244 cm³/mol. The summed E-state index contributed by atoms with van der Waals surface area (Å²) in [5, 5.41) is 28.0. The lowest BCUT2D eigenvalue weighted by Gasteiger charge is -2.28. The largest absolute Gasteiger partial charge is 0.489 e. The standard InChI is InChI=1S/C25H26N4O5.C24H24N4O5/c1-16-11-18(20-5-3-4-6-21(20)26-16)14-34-19-9-7-17(8-10-19)24(32)27-25(12-22(30)28-33)13-23(31)29(2)15-25;1-15-10-17(19-4-2-3-5-20(19)26-15)13-33-18-8-6-16(7-9-18)23(31)27-24(12-22(30)28-32)11-21(29)25-14-24/h3-11,33H,12-15H2,1-2H3,(H,27,32)(H,28,30);2-10,32H,11-14H2,1H3,(H,25,29)(H,27,31)(H,28,30). The maximum Gasteiger partial charge on any atom is 0.251 e. The van der Waals surface area contributed by atoms with Crippen LogP contribution in [-0.2, 0) is 32.4 Å². The number of carbonyl (C=O) groups is 6. The number of aromatic nitrogens is 2. The Bertz CT molecular complexity index is 2840. The van der Waals surface area contributed by atoms with Gasteiger partial charge in [0.1, 0.15) is 24.7 Å². The van der Waals surface area contributed by atoms with Gasteiger partial charge in [0.25, 0.3) is 11.8 Å². The molecule has 4 heterocycles. The Morgan fingerprint density at radius 3 is 1.52 bits per heavy atom. The summed E-state index contributed by atoms with van der Waals surface area (Å²) >= 11 is 0. The van der Waals surface area contributed by atoms with E-state index in [1.807, 2.05) is 74.5 Å². The predicted octanol–water partition coefficient (Wildman–Crippen LogP) is 4.35. The van der Waals surface area contributed by atoms with E-state index in [0.29, 0.717) is 35.8 Å². The topological polar surface area (TPSA) is 251 Å². The molecule has 0 saturated carbocycles. The van der Waals surface area contributed by atoms with E-state index in [1.165, 1.54) is 4.90 Å². The number of para-hydroxylation sites is 2. The van der Waals surface area contributed by atoms with Crippen LogP contribution in [0, 0.1) is 13.8 Å². The van der Waals surface area contributed by atoms with E-state index in [1.54, 1.807) is 66.5 Å². The van der Waals surface area contributed by atoms with Crippen molar-refractivity contribution in [2.75, 3.05) is 20.1 Å². The van der Waals surface area contributed by atoms with Gasteiger partial charge in [-0.1, -0.05) is 36.4 Å². The number of likely N-dealkylation sites (tertiary alicyclic amines) is 1. The van der Waals surface area contributed by atoms with Crippen molar-refractivity contribution in [3.05, 3.63) is 143 Å². The molecule has 2 atom stereocenters. The molecule has 2 aliphatic rings. The normalized spacial score (nSPS) is 17.5. The van der Waals surface area contributed by atoms with E-state index in [4.69, 9.17) is 19.9 Å². The number of aryl methyl sites for hydroxylation is 2. The summed E-state index contributed by atoms with van der Waals surface area (Å²) in [7, 11) is 1.60. The lowest BCUT2D eigenvalue weighted by atomic mass is 9.93. The Balaban J connectivity index is 0.000000199. The molecule has 2 fully saturated rings. The average molecular weight is 911 g/mol. The second-order valence-corrected chi connectivity index (χ2v) is 16.8. The molecule has 0 aliphatic carbocycles. The van der Waals surface area contributed by atoms with Crippen molar-refractivity contribution >= 4 is 57.2 Å². The highest BCUT2D eigenvalue weighted by molar-refractivity contribution is 5.97. The molecule has 18 heteroatoms. The quantitative estimate of drug-likeness (QED) is 0.0595. The van der Waals surface area contributed by atoms with Crippen molar-refractivity contribution in [3.63, 3.8) is 0 Å². The number of amides is 6. The lowest BCUT2D eigenvalue weighted by Crippen LogP contribution is -2.52. The third-order valence-corrected chi connectivity index (χ3v) is 11.5. The Kier molecular flexibility index (Phi) is 14.4. The minimum Gasteiger partial charge on any atom is -0.489 e. The van der Waals surface area contributed by atoms with Crippen molar-refractivity contribution < 1.29 is 48.7 Å². The molecule has 4 aromatic carbocycles. The van der Waals surface area contributed by atoms with E-state index in [9.17, 15) is 28.8 Å². The molecule has 0 radical (unpaired) electrons. The fraction of sp³-hybridized carbons (Fsp3) is 0.265. The third kappa shape index (κ3) is 11.7. The van der Waals surface area contributed by atoms with Crippen LogP contribution in [0.4, 0.5) is 0 Å². The molecular formula is C49H50N8O10. The number of fused-ring (bicyclic) bond motifs is 2. The maximum absolute atomic E-state index is 12.9. The molecule has 8 rings (SSSR count). The average Bonchev–Trinajstić information content (AvgIpc) is 3.82. The van der Waals surface area contributed by atoms with Gasteiger partial charge in [-0.15, -0.1) is 0 Å². The van der Waals surface area contributed by atoms with E-state index < -0.39 is 34.7 Å². The number of nitrogens with one attached hydrogen (secondary N) is 5. The first-order valence-corrected chi connectivity index (χ1v) is 21.3. The van der Waals surface area contributed by atoms with Crippen molar-refractivity contribution in [1.82, 2.24) is 41.8 Å². The lowest BCUT2D eigenvalue weighted by molar-refractivity contribution is -0.131. The number of benzene rings is 4. The summed E-state index contributed by atoms with van der Waals surface area (Å²) in [5.41, 5.74) is 7.31. The number of hydroxylamine groups is 2. The molecule has 2 unspecified atom stereocenters. The number of likely N-dealkylation sites (N-methyl/N-ethyl adjacent to an activating group) is 1. The molecule has 346 valence electrons. The number of ether oxygens (including phenoxy) is 2. The molecular weight excluding hydrogens is 861 g/mol. The minimum absolute atomic E-state index is 0.0246. The van der Waals surface area contributed by atoms with Gasteiger partial charge in [-0.3, -0.25) is 49.1 Å². The fourth-order valence-corrected chi connectivity index (χ4v) is 8.30. The molecule has 2 saturated heterocycles. The van der Waals surface area contributed by atoms with Gasteiger partial charge >= 0.3 is 0 Å². The zero-order valence-electron chi connectivity index (χ0n) is 37.1. The Labute approximate surface area is 385 Å². The van der Waals surface area contributed by atoms with Crippen LogP contribution < -0.4 is 36.4 Å². The SMILES string of the molecule is Cc1cc(COc2ccc(C(=O)NC3(CC(=O)NO)CC(=O)N(C)C3)cc2)c2ccccc2n1.Cc1cc(COc2ccc(C(=O)NC3(CC(=O)NO)CNC(=O)C3)cc2)c2ccccc2n1. The van der Waals surface area contributed by atoms with Crippen LogP contribution in [0.1, 0.15) is 68.9 Å². The zero-order valence-corrected chi connectivity index (χ0v) is 37.1. The molecule has 67 heavy (non-hydrogen) atoms. The zero-order chi connectivity index (χ0) is 47.7. The van der Waals surface area contributed by atoms with Crippen LogP contribution >= 0.6 is 0 Å². The monoisotopic (exact) mass is 910 g/mol. The van der Waals surface area contributed by atoms with Crippen LogP contribution in [-0.4, -0.2) is 91.9 Å². The first kappa shape index (κ1) is 47.0. The summed E-state index contributed by atoms with van der Waals surface area (Å²) in [6.45, 7) is 4.85. The summed E-state index contributed by atoms with van der Waals surface area (Å²) in [4.78, 5) is 83.4. The van der Waals surface area contributed by atoms with Gasteiger partial charge in [0.15, 0.2) is 0 Å². The molecule has 6 aromatic rings. The maximum atomic E-state index is 12.9. The summed E-state index contributed by atoms with van der Waals surface area (Å²) in [6.07, 6.45) is -0.518.